The summed E-state index contributed by atoms with van der Waals surface area (Å²) in [5.41, 5.74) is 9.20. The van der Waals surface area contributed by atoms with Gasteiger partial charge in [0.2, 0.25) is 0 Å². The van der Waals surface area contributed by atoms with Crippen LogP contribution >= 0.6 is 0 Å². The third-order valence-corrected chi connectivity index (χ3v) is 8.18. The van der Waals surface area contributed by atoms with Gasteiger partial charge in [-0.25, -0.2) is 5.48 Å². The molecule has 1 aliphatic heterocycles. The number of rotatable bonds is 9. The summed E-state index contributed by atoms with van der Waals surface area (Å²) in [5.74, 6) is -0.532. The van der Waals surface area contributed by atoms with Gasteiger partial charge in [-0.2, -0.15) is 0 Å². The molecule has 0 saturated carbocycles. The van der Waals surface area contributed by atoms with Crippen LogP contribution in [0.1, 0.15) is 50.9 Å². The Hall–Kier alpha value is -4.18. The molecule has 2 amide bonds. The Morgan fingerprint density at radius 2 is 1.98 bits per heavy atom. The van der Waals surface area contributed by atoms with E-state index in [1.54, 1.807) is 11.6 Å². The van der Waals surface area contributed by atoms with E-state index in [9.17, 15) is 9.59 Å². The monoisotopic (exact) mass is 553 g/mol. The Balaban J connectivity index is 1.23. The van der Waals surface area contributed by atoms with E-state index >= 15 is 0 Å². The van der Waals surface area contributed by atoms with Gasteiger partial charge >= 0.3 is 0 Å². The first kappa shape index (κ1) is 27.0. The van der Waals surface area contributed by atoms with Gasteiger partial charge in [0, 0.05) is 61.1 Å². The summed E-state index contributed by atoms with van der Waals surface area (Å²) < 4.78 is 5.41. The van der Waals surface area contributed by atoms with Crippen LogP contribution in [-0.2, 0) is 28.9 Å². The highest BCUT2D eigenvalue weighted by atomic mass is 16.5. The van der Waals surface area contributed by atoms with Gasteiger partial charge in [-0.15, -0.1) is 0 Å². The number of hydroxylamine groups is 1. The zero-order valence-electron chi connectivity index (χ0n) is 22.9. The fourth-order valence-electron chi connectivity index (χ4n) is 6.07. The summed E-state index contributed by atoms with van der Waals surface area (Å²) in [6.45, 7) is 3.94. The molecule has 2 aromatic heterocycles. The minimum atomic E-state index is -0.552. The second-order valence-corrected chi connectivity index (χ2v) is 10.7. The summed E-state index contributed by atoms with van der Waals surface area (Å²) in [6, 6.07) is 18.9. The molecule has 1 atom stereocenters. The van der Waals surface area contributed by atoms with Crippen LogP contribution in [0.25, 0.3) is 17.0 Å². The molecule has 41 heavy (non-hydrogen) atoms. The van der Waals surface area contributed by atoms with Crippen molar-refractivity contribution in [2.24, 2.45) is 0 Å². The lowest BCUT2D eigenvalue weighted by molar-refractivity contribution is -0.124. The third kappa shape index (κ3) is 5.97. The van der Waals surface area contributed by atoms with Crippen LogP contribution in [-0.4, -0.2) is 69.6 Å². The molecule has 1 saturated heterocycles. The number of hydrogen-bond donors (Lipinski definition) is 4. The lowest BCUT2D eigenvalue weighted by Gasteiger charge is -2.29. The Labute approximate surface area is 238 Å². The predicted octanol–water partition coefficient (Wildman–Crippen LogP) is 4.22. The highest BCUT2D eigenvalue weighted by Crippen LogP contribution is 2.37. The highest BCUT2D eigenvalue weighted by Gasteiger charge is 2.29. The molecule has 1 fully saturated rings. The number of ether oxygens (including phenoxy) is 1. The number of aromatic amines is 2. The van der Waals surface area contributed by atoms with E-state index in [0.717, 1.165) is 42.6 Å². The number of nitrogens with one attached hydrogen (secondary N) is 3. The molecule has 4 N–H and O–H groups in total. The topological polar surface area (TPSA) is 114 Å². The van der Waals surface area contributed by atoms with E-state index in [-0.39, 0.29) is 11.9 Å². The number of benzene rings is 2. The molecule has 0 radical (unpaired) electrons. The predicted molar refractivity (Wildman–Crippen MR) is 156 cm³/mol. The lowest BCUT2D eigenvalue weighted by atomic mass is 10.0. The molecule has 0 spiro atoms. The van der Waals surface area contributed by atoms with Crippen LogP contribution in [0.3, 0.4) is 0 Å². The van der Waals surface area contributed by atoms with Crippen molar-refractivity contribution in [2.75, 3.05) is 32.8 Å². The van der Waals surface area contributed by atoms with Crippen LogP contribution in [0, 0.1) is 0 Å². The van der Waals surface area contributed by atoms with Crippen LogP contribution < -0.4 is 5.48 Å². The number of hydrogen-bond acceptors (Lipinski definition) is 5. The van der Waals surface area contributed by atoms with Gasteiger partial charge in [-0.3, -0.25) is 19.7 Å². The first-order valence-corrected chi connectivity index (χ1v) is 14.2. The van der Waals surface area contributed by atoms with Gasteiger partial charge in [0.15, 0.2) is 0 Å². The molecule has 6 rings (SSSR count). The Bertz CT molecular complexity index is 1570. The molecule has 1 unspecified atom stereocenters. The first-order chi connectivity index (χ1) is 20.1. The molecule has 9 heteroatoms. The number of aromatic nitrogens is 2. The zero-order chi connectivity index (χ0) is 28.2. The number of carbonyl (C=O) groups is 2. The van der Waals surface area contributed by atoms with Crippen molar-refractivity contribution in [3.8, 4) is 0 Å². The fraction of sp³-hybridized carbons (Fsp3) is 0.312. The van der Waals surface area contributed by atoms with Gasteiger partial charge in [-0.05, 0) is 65.8 Å². The highest BCUT2D eigenvalue weighted by molar-refractivity contribution is 5.92. The maximum atomic E-state index is 13.0. The van der Waals surface area contributed by atoms with Gasteiger partial charge < -0.3 is 19.6 Å². The molecular formula is C32H35N5O4. The van der Waals surface area contributed by atoms with E-state index in [1.165, 1.54) is 28.2 Å². The zero-order valence-corrected chi connectivity index (χ0v) is 22.9. The van der Waals surface area contributed by atoms with E-state index < -0.39 is 5.91 Å². The lowest BCUT2D eigenvalue weighted by Crippen LogP contribution is -2.40. The minimum Gasteiger partial charge on any atom is -0.378 e. The smallest absolute Gasteiger partial charge is 0.270 e. The minimum absolute atomic E-state index is 0.0200. The second-order valence-electron chi connectivity index (χ2n) is 10.7. The molecule has 3 heterocycles. The van der Waals surface area contributed by atoms with Gasteiger partial charge in [-0.1, -0.05) is 36.4 Å². The third-order valence-electron chi connectivity index (χ3n) is 8.18. The normalized spacial score (nSPS) is 17.0. The van der Waals surface area contributed by atoms with Crippen molar-refractivity contribution in [3.63, 3.8) is 0 Å². The quantitative estimate of drug-likeness (QED) is 0.141. The molecule has 2 aliphatic rings. The number of amides is 2. The molecule has 4 aromatic rings. The fourth-order valence-corrected chi connectivity index (χ4v) is 6.07. The van der Waals surface area contributed by atoms with Gasteiger partial charge in [0.1, 0.15) is 5.69 Å². The van der Waals surface area contributed by atoms with Crippen LogP contribution in [0.4, 0.5) is 0 Å². The van der Waals surface area contributed by atoms with E-state index in [4.69, 9.17) is 9.94 Å². The summed E-state index contributed by atoms with van der Waals surface area (Å²) in [6.07, 6.45) is 7.98. The van der Waals surface area contributed by atoms with Crippen LogP contribution in [0.2, 0.25) is 0 Å². The molecule has 2 aromatic carbocycles. The molecule has 1 aliphatic carbocycles. The van der Waals surface area contributed by atoms with Crippen molar-refractivity contribution in [2.45, 2.75) is 31.8 Å². The van der Waals surface area contributed by atoms with E-state index in [2.05, 4.69) is 51.4 Å². The first-order valence-electron chi connectivity index (χ1n) is 14.2. The molecule has 212 valence electrons. The summed E-state index contributed by atoms with van der Waals surface area (Å²) in [7, 11) is 0. The maximum absolute atomic E-state index is 13.0. The largest absolute Gasteiger partial charge is 0.378 e. The Morgan fingerprint density at radius 3 is 2.83 bits per heavy atom. The van der Waals surface area contributed by atoms with Crippen molar-refractivity contribution < 1.29 is 19.5 Å². The second kappa shape index (κ2) is 12.1. The number of H-pyrrole nitrogens is 2. The Morgan fingerprint density at radius 1 is 1.12 bits per heavy atom. The van der Waals surface area contributed by atoms with E-state index in [1.807, 2.05) is 29.2 Å². The molecular weight excluding hydrogens is 518 g/mol. The number of nitrogens with zero attached hydrogens (tertiary/aromatic N) is 2. The Kier molecular flexibility index (Phi) is 8.00. The standard InChI is InChI=1S/C32H35N5O4/c38-31(35-40)12-6-22-5-9-27-23(19-22)7-11-30(27)37(14-13-24-20-33-28-4-2-1-3-26(24)28)21-25-8-10-29(34-25)32(39)36-15-17-41-18-16-36/h1-6,8-10,12,19-20,30,33-34,40H,7,11,13-18,21H2,(H,35,38). The SMILES string of the molecule is O=C(C=Cc1ccc2c(c1)CCC2N(CCc1c[nH]c2ccccc12)Cc1ccc(C(=O)N2CCOCC2)[nH]1)NO. The number of aryl methyl sites for hydroxylation is 1. The van der Waals surface area contributed by atoms with Crippen molar-refractivity contribution in [3.05, 3.63) is 101 Å². The van der Waals surface area contributed by atoms with Crippen LogP contribution in [0.5, 0.6) is 0 Å². The average molecular weight is 554 g/mol. The van der Waals surface area contributed by atoms with Gasteiger partial charge in [0.25, 0.3) is 11.8 Å². The maximum Gasteiger partial charge on any atom is 0.270 e. The number of carbonyl (C=O) groups excluding carboxylic acids is 2. The number of para-hydroxylation sites is 1. The summed E-state index contributed by atoms with van der Waals surface area (Å²) >= 11 is 0. The van der Waals surface area contributed by atoms with Crippen LogP contribution in [0.15, 0.2) is 66.9 Å². The van der Waals surface area contributed by atoms with Crippen molar-refractivity contribution >= 4 is 28.8 Å². The van der Waals surface area contributed by atoms with Crippen molar-refractivity contribution in [1.29, 1.82) is 0 Å². The number of fused-ring (bicyclic) bond motifs is 2. The molecule has 9 nitrogen and oxygen atoms in total. The summed E-state index contributed by atoms with van der Waals surface area (Å²) in [5, 5.41) is 10.0. The number of morpholine rings is 1. The van der Waals surface area contributed by atoms with Crippen molar-refractivity contribution in [1.82, 2.24) is 25.2 Å². The molecule has 0 bridgehead atoms. The average Bonchev–Trinajstić information content (AvgIpc) is 3.76. The van der Waals surface area contributed by atoms with Gasteiger partial charge in [0.05, 0.1) is 13.2 Å². The summed E-state index contributed by atoms with van der Waals surface area (Å²) in [4.78, 5) is 35.6. The van der Waals surface area contributed by atoms with E-state index in [0.29, 0.717) is 38.5 Å².